The molecule has 0 heterocycles. The maximum Gasteiger partial charge on any atom is 0.157 e. The molecule has 1 rings (SSSR count). The van der Waals surface area contributed by atoms with Crippen molar-refractivity contribution in [1.82, 2.24) is 5.32 Å². The van der Waals surface area contributed by atoms with Crippen molar-refractivity contribution in [2.24, 2.45) is 0 Å². The molecular formula is C9H14BrNO2. The Hall–Kier alpha value is -0.740. The molecule has 4 heteroatoms. The fraction of sp³-hybridized carbons (Fsp3) is 0.333. The largest absolute Gasteiger partial charge is 0.504 e. The molecule has 0 saturated carbocycles. The van der Waals surface area contributed by atoms with E-state index in [-0.39, 0.29) is 28.5 Å². The van der Waals surface area contributed by atoms with Gasteiger partial charge in [-0.3, -0.25) is 0 Å². The van der Waals surface area contributed by atoms with E-state index < -0.39 is 0 Å². The number of nitrogens with one attached hydrogen (secondary N) is 1. The Morgan fingerprint density at radius 3 is 2.46 bits per heavy atom. The molecule has 0 amide bonds. The van der Waals surface area contributed by atoms with Crippen molar-refractivity contribution >= 4 is 17.0 Å². The Morgan fingerprint density at radius 2 is 1.92 bits per heavy atom. The Balaban J connectivity index is 0.00000144. The predicted molar refractivity (Wildman–Crippen MR) is 57.5 cm³/mol. The molecular weight excluding hydrogens is 234 g/mol. The highest BCUT2D eigenvalue weighted by molar-refractivity contribution is 8.93. The van der Waals surface area contributed by atoms with Gasteiger partial charge in [-0.1, -0.05) is 13.0 Å². The van der Waals surface area contributed by atoms with Gasteiger partial charge in [0.25, 0.3) is 0 Å². The van der Waals surface area contributed by atoms with Crippen molar-refractivity contribution in [2.75, 3.05) is 6.54 Å². The predicted octanol–water partition coefficient (Wildman–Crippen LogP) is 1.79. The highest BCUT2D eigenvalue weighted by atomic mass is 79.9. The lowest BCUT2D eigenvalue weighted by molar-refractivity contribution is 0.403. The van der Waals surface area contributed by atoms with E-state index in [4.69, 9.17) is 10.2 Å². The summed E-state index contributed by atoms with van der Waals surface area (Å²) < 4.78 is 0. The van der Waals surface area contributed by atoms with Gasteiger partial charge in [0.1, 0.15) is 0 Å². The maximum absolute atomic E-state index is 9.12. The van der Waals surface area contributed by atoms with Gasteiger partial charge in [0.05, 0.1) is 0 Å². The van der Waals surface area contributed by atoms with Crippen LogP contribution in [0.5, 0.6) is 11.5 Å². The van der Waals surface area contributed by atoms with Crippen molar-refractivity contribution in [3.63, 3.8) is 0 Å². The van der Waals surface area contributed by atoms with E-state index in [1.807, 2.05) is 6.92 Å². The number of aromatic hydroxyl groups is 2. The van der Waals surface area contributed by atoms with Crippen molar-refractivity contribution in [1.29, 1.82) is 0 Å². The molecule has 1 aromatic rings. The molecule has 3 N–H and O–H groups in total. The molecule has 13 heavy (non-hydrogen) atoms. The maximum atomic E-state index is 9.12. The Morgan fingerprint density at radius 1 is 1.23 bits per heavy atom. The third-order valence-electron chi connectivity index (χ3n) is 1.62. The van der Waals surface area contributed by atoms with E-state index in [9.17, 15) is 0 Å². The van der Waals surface area contributed by atoms with Crippen LogP contribution in [0.15, 0.2) is 18.2 Å². The van der Waals surface area contributed by atoms with E-state index in [2.05, 4.69) is 5.32 Å². The van der Waals surface area contributed by atoms with Crippen LogP contribution in [0.2, 0.25) is 0 Å². The first-order chi connectivity index (χ1) is 5.74. The van der Waals surface area contributed by atoms with E-state index in [1.54, 1.807) is 12.1 Å². The second-order valence-corrected chi connectivity index (χ2v) is 2.60. The first-order valence-electron chi connectivity index (χ1n) is 3.95. The second kappa shape index (κ2) is 5.83. The second-order valence-electron chi connectivity index (χ2n) is 2.60. The van der Waals surface area contributed by atoms with E-state index in [0.717, 1.165) is 12.1 Å². The first kappa shape index (κ1) is 12.3. The summed E-state index contributed by atoms with van der Waals surface area (Å²) in [7, 11) is 0. The molecule has 0 bridgehead atoms. The third-order valence-corrected chi connectivity index (χ3v) is 1.62. The van der Waals surface area contributed by atoms with Gasteiger partial charge in [-0.2, -0.15) is 0 Å². The van der Waals surface area contributed by atoms with Crippen molar-refractivity contribution in [2.45, 2.75) is 13.5 Å². The molecule has 1 aromatic carbocycles. The molecule has 74 valence electrons. The fourth-order valence-electron chi connectivity index (χ4n) is 0.948. The van der Waals surface area contributed by atoms with Crippen LogP contribution in [0.25, 0.3) is 0 Å². The van der Waals surface area contributed by atoms with Gasteiger partial charge in [-0.05, 0) is 24.2 Å². The Labute approximate surface area is 88.2 Å². The van der Waals surface area contributed by atoms with Crippen LogP contribution in [-0.4, -0.2) is 16.8 Å². The lowest BCUT2D eigenvalue weighted by atomic mass is 10.2. The summed E-state index contributed by atoms with van der Waals surface area (Å²) >= 11 is 0. The van der Waals surface area contributed by atoms with Gasteiger partial charge in [0.2, 0.25) is 0 Å². The van der Waals surface area contributed by atoms with Crippen LogP contribution in [-0.2, 0) is 6.54 Å². The highest BCUT2D eigenvalue weighted by Gasteiger charge is 1.98. The van der Waals surface area contributed by atoms with Crippen molar-refractivity contribution in [3.8, 4) is 11.5 Å². The van der Waals surface area contributed by atoms with Crippen LogP contribution in [0.1, 0.15) is 12.5 Å². The third kappa shape index (κ3) is 3.65. The summed E-state index contributed by atoms with van der Waals surface area (Å²) in [5.74, 6) is -0.138. The fourth-order valence-corrected chi connectivity index (χ4v) is 0.948. The molecule has 0 fully saturated rings. The van der Waals surface area contributed by atoms with Gasteiger partial charge in [-0.25, -0.2) is 0 Å². The summed E-state index contributed by atoms with van der Waals surface area (Å²) in [5.41, 5.74) is 0.965. The number of hydrogen-bond donors (Lipinski definition) is 3. The zero-order valence-corrected chi connectivity index (χ0v) is 9.16. The van der Waals surface area contributed by atoms with Gasteiger partial charge < -0.3 is 15.5 Å². The quantitative estimate of drug-likeness (QED) is 0.715. The molecule has 0 atom stereocenters. The first-order valence-corrected chi connectivity index (χ1v) is 3.95. The van der Waals surface area contributed by atoms with Crippen LogP contribution in [0.3, 0.4) is 0 Å². The average Bonchev–Trinajstić information content (AvgIpc) is 2.07. The number of phenols is 2. The number of phenolic OH excluding ortho intramolecular Hbond substituents is 2. The number of halogens is 1. The van der Waals surface area contributed by atoms with Gasteiger partial charge in [0.15, 0.2) is 11.5 Å². The van der Waals surface area contributed by atoms with Gasteiger partial charge >= 0.3 is 0 Å². The standard InChI is InChI=1S/C9H13NO2.BrH/c1-2-10-6-7-3-4-8(11)9(12)5-7;/h3-5,10-12H,2,6H2,1H3;1H. The molecule has 0 aliphatic carbocycles. The molecule has 0 aromatic heterocycles. The Kier molecular flexibility index (Phi) is 5.50. The minimum atomic E-state index is -0.0738. The lowest BCUT2D eigenvalue weighted by Gasteiger charge is -2.03. The van der Waals surface area contributed by atoms with Crippen LogP contribution in [0.4, 0.5) is 0 Å². The topological polar surface area (TPSA) is 52.5 Å². The minimum Gasteiger partial charge on any atom is -0.504 e. The van der Waals surface area contributed by atoms with E-state index in [0.29, 0.717) is 6.54 Å². The van der Waals surface area contributed by atoms with Crippen LogP contribution in [0, 0.1) is 0 Å². The molecule has 0 spiro atoms. The van der Waals surface area contributed by atoms with Crippen molar-refractivity contribution < 1.29 is 10.2 Å². The van der Waals surface area contributed by atoms with Crippen molar-refractivity contribution in [3.05, 3.63) is 23.8 Å². The average molecular weight is 248 g/mol. The Bertz CT molecular complexity index is 266. The van der Waals surface area contributed by atoms with Crippen LogP contribution < -0.4 is 5.32 Å². The summed E-state index contributed by atoms with van der Waals surface area (Å²) in [6.07, 6.45) is 0. The minimum absolute atomic E-state index is 0. The summed E-state index contributed by atoms with van der Waals surface area (Å²) in [5, 5.41) is 21.2. The molecule has 0 saturated heterocycles. The van der Waals surface area contributed by atoms with Gasteiger partial charge in [-0.15, -0.1) is 17.0 Å². The molecule has 0 unspecified atom stereocenters. The molecule has 0 radical (unpaired) electrons. The van der Waals surface area contributed by atoms with Gasteiger partial charge in [0, 0.05) is 6.54 Å². The number of rotatable bonds is 3. The molecule has 3 nitrogen and oxygen atoms in total. The van der Waals surface area contributed by atoms with E-state index in [1.165, 1.54) is 6.07 Å². The smallest absolute Gasteiger partial charge is 0.157 e. The summed E-state index contributed by atoms with van der Waals surface area (Å²) in [6, 6.07) is 4.82. The monoisotopic (exact) mass is 247 g/mol. The summed E-state index contributed by atoms with van der Waals surface area (Å²) in [4.78, 5) is 0. The molecule has 0 aliphatic rings. The lowest BCUT2D eigenvalue weighted by Crippen LogP contribution is -2.11. The normalized spacial score (nSPS) is 9.31. The molecule has 0 aliphatic heterocycles. The van der Waals surface area contributed by atoms with Crippen LogP contribution >= 0.6 is 17.0 Å². The zero-order valence-electron chi connectivity index (χ0n) is 7.45. The van der Waals surface area contributed by atoms with E-state index >= 15 is 0 Å². The number of benzene rings is 1. The SMILES string of the molecule is Br.CCNCc1ccc(O)c(O)c1. The highest BCUT2D eigenvalue weighted by Crippen LogP contribution is 2.24. The zero-order chi connectivity index (χ0) is 8.97. The number of hydrogen-bond acceptors (Lipinski definition) is 3. The summed E-state index contributed by atoms with van der Waals surface area (Å²) in [6.45, 7) is 3.62.